The first kappa shape index (κ1) is 66.9. The van der Waals surface area contributed by atoms with Crippen molar-refractivity contribution < 1.29 is 66.3 Å². The molecule has 20 heteroatoms. The summed E-state index contributed by atoms with van der Waals surface area (Å²) in [4.78, 5) is 62.1. The number of anilines is 1. The van der Waals surface area contributed by atoms with Crippen LogP contribution in [0.15, 0.2) is 17.1 Å². The minimum Gasteiger partial charge on any atom is -0.462 e. The molecule has 2 heterocycles. The summed E-state index contributed by atoms with van der Waals surface area (Å²) in [6.45, 7) is 6.89. The molecule has 1 aliphatic rings. The third-order valence-electron chi connectivity index (χ3n) is 13.7. The molecule has 426 valence electrons. The average molecular weight is 1080 g/mol. The van der Waals surface area contributed by atoms with Crippen LogP contribution in [0.3, 0.4) is 0 Å². The molecule has 4 unspecified atom stereocenters. The number of nitrogens with two attached hydrogens (primary N) is 1. The monoisotopic (exact) mass is 1080 g/mol. The van der Waals surface area contributed by atoms with Crippen LogP contribution < -0.4 is 11.4 Å². The molecule has 6 N–H and O–H groups in total. The number of esters is 2. The Morgan fingerprint density at radius 1 is 0.658 bits per heavy atom. The fourth-order valence-electron chi connectivity index (χ4n) is 8.89. The van der Waals surface area contributed by atoms with Gasteiger partial charge in [-0.2, -0.15) is 9.29 Å². The summed E-state index contributed by atoms with van der Waals surface area (Å²) in [5.74, 6) is 0.370. The maximum atomic E-state index is 12.9. The topological polar surface area (TPSA) is 265 Å². The van der Waals surface area contributed by atoms with Crippen molar-refractivity contribution >= 4 is 33.4 Å². The number of aliphatic hydroxyl groups excluding tert-OH is 2. The van der Waals surface area contributed by atoms with Gasteiger partial charge in [0.25, 0.3) is 0 Å². The van der Waals surface area contributed by atoms with E-state index in [1.165, 1.54) is 147 Å². The molecule has 1 aromatic heterocycles. The zero-order valence-corrected chi connectivity index (χ0v) is 47.1. The predicted octanol–water partition coefficient (Wildman–Crippen LogP) is 12.3. The van der Waals surface area contributed by atoms with Gasteiger partial charge in [0.2, 0.25) is 0 Å². The number of carbonyl (C=O) groups is 2. The number of hydrogen-bond acceptors (Lipinski definition) is 15. The fourth-order valence-corrected chi connectivity index (χ4v) is 11.0. The first-order valence-electron chi connectivity index (χ1n) is 28.3. The Morgan fingerprint density at radius 2 is 1.10 bits per heavy atom. The van der Waals surface area contributed by atoms with Crippen LogP contribution in [0.1, 0.15) is 246 Å². The van der Waals surface area contributed by atoms with Crippen molar-refractivity contribution in [2.75, 3.05) is 25.6 Å². The number of rotatable bonds is 47. The maximum absolute atomic E-state index is 12.9. The van der Waals surface area contributed by atoms with E-state index in [2.05, 4.69) is 37.0 Å². The second-order valence-electron chi connectivity index (χ2n) is 20.9. The van der Waals surface area contributed by atoms with E-state index in [9.17, 15) is 43.5 Å². The van der Waals surface area contributed by atoms with Crippen molar-refractivity contribution in [3.63, 3.8) is 0 Å². The van der Waals surface area contributed by atoms with Gasteiger partial charge >= 0.3 is 33.3 Å². The van der Waals surface area contributed by atoms with Crippen molar-refractivity contribution in [2.24, 2.45) is 11.8 Å². The van der Waals surface area contributed by atoms with E-state index in [4.69, 9.17) is 29.0 Å². The van der Waals surface area contributed by atoms with E-state index in [1.54, 1.807) is 0 Å². The van der Waals surface area contributed by atoms with Gasteiger partial charge in [0.1, 0.15) is 30.7 Å². The average Bonchev–Trinajstić information content (AvgIpc) is 3.62. The van der Waals surface area contributed by atoms with Crippen molar-refractivity contribution in [1.82, 2.24) is 9.55 Å². The molecule has 1 fully saturated rings. The number of nitrogen functional groups attached to an aromatic ring is 1. The number of aliphatic hydroxyl groups is 2. The highest BCUT2D eigenvalue weighted by Gasteiger charge is 2.46. The van der Waals surface area contributed by atoms with Gasteiger partial charge in [-0.15, -0.1) is 0 Å². The van der Waals surface area contributed by atoms with E-state index in [-0.39, 0.29) is 18.7 Å². The lowest BCUT2D eigenvalue weighted by molar-refractivity contribution is -0.161. The Labute approximate surface area is 438 Å². The van der Waals surface area contributed by atoms with Crippen LogP contribution >= 0.6 is 15.6 Å². The third-order valence-corrected chi connectivity index (χ3v) is 16.3. The summed E-state index contributed by atoms with van der Waals surface area (Å²) < 4.78 is 57.0. The number of phosphoric acid groups is 2. The van der Waals surface area contributed by atoms with Gasteiger partial charge in [-0.1, -0.05) is 214 Å². The number of phosphoric ester groups is 2. The van der Waals surface area contributed by atoms with Crippen molar-refractivity contribution in [2.45, 2.75) is 270 Å². The lowest BCUT2D eigenvalue weighted by Crippen LogP contribution is -2.36. The standard InChI is InChI=1S/C53H99N3O15P2/c1-5-44(4)35-31-27-23-19-15-11-7-9-12-16-20-24-28-32-36-48(57)66-40-45(69-49(58)37-33-29-25-21-17-13-8-6-10-14-18-22-26-30-34-43(2)3)41-67-72(62,63)71-73(64,65)68-42-46-50(59)51(60)52(70-46)56-39-38-47(54)55-53(56)61/h38-39,43-46,50-52,59-60H,5-37,40-42H2,1-4H3,(H,62,63)(H,64,65)(H2,54,55,61)/t44?,45-,46-,50+,51?,52-/m1/s1. The molecule has 1 aliphatic heterocycles. The van der Waals surface area contributed by atoms with Crippen molar-refractivity contribution in [1.29, 1.82) is 0 Å². The maximum Gasteiger partial charge on any atom is 0.481 e. The molecule has 0 saturated carbocycles. The number of nitrogens with zero attached hydrogens (tertiary/aromatic N) is 2. The normalized spacial score (nSPS) is 19.4. The van der Waals surface area contributed by atoms with E-state index >= 15 is 0 Å². The first-order valence-corrected chi connectivity index (χ1v) is 31.3. The lowest BCUT2D eigenvalue weighted by Gasteiger charge is -2.21. The molecule has 8 atom stereocenters. The number of unbranched alkanes of at least 4 members (excludes halogenated alkanes) is 26. The number of carbonyl (C=O) groups excluding carboxylic acids is 2. The Bertz CT molecular complexity index is 1760. The van der Waals surface area contributed by atoms with Crippen LogP contribution in [0.5, 0.6) is 0 Å². The zero-order chi connectivity index (χ0) is 53.7. The Kier molecular flexibility index (Phi) is 36.7. The van der Waals surface area contributed by atoms with E-state index in [0.717, 1.165) is 67.8 Å². The summed E-state index contributed by atoms with van der Waals surface area (Å²) in [5.41, 5.74) is 4.60. The fraction of sp³-hybridized carbons (Fsp3) is 0.887. The minimum absolute atomic E-state index is 0.0573. The van der Waals surface area contributed by atoms with Gasteiger partial charge < -0.3 is 39.9 Å². The molecule has 0 radical (unpaired) electrons. The molecule has 18 nitrogen and oxygen atoms in total. The van der Waals surface area contributed by atoms with Gasteiger partial charge in [0.05, 0.1) is 13.2 Å². The van der Waals surface area contributed by atoms with Gasteiger partial charge in [-0.3, -0.25) is 23.2 Å². The van der Waals surface area contributed by atoms with Crippen LogP contribution in [-0.2, 0) is 46.3 Å². The van der Waals surface area contributed by atoms with E-state index < -0.39 is 83.7 Å². The number of ether oxygens (including phenoxy) is 3. The summed E-state index contributed by atoms with van der Waals surface area (Å²) >= 11 is 0. The second kappa shape index (κ2) is 40.0. The van der Waals surface area contributed by atoms with E-state index in [0.29, 0.717) is 12.8 Å². The lowest BCUT2D eigenvalue weighted by atomic mass is 9.99. The smallest absolute Gasteiger partial charge is 0.462 e. The van der Waals surface area contributed by atoms with Crippen LogP contribution in [0, 0.1) is 11.8 Å². The molecular formula is C53H99N3O15P2. The molecule has 2 rings (SSSR count). The molecule has 0 aromatic carbocycles. The van der Waals surface area contributed by atoms with Crippen molar-refractivity contribution in [3.8, 4) is 0 Å². The summed E-state index contributed by atoms with van der Waals surface area (Å²) in [6, 6.07) is 1.25. The van der Waals surface area contributed by atoms with Crippen molar-refractivity contribution in [3.05, 3.63) is 22.7 Å². The number of hydrogen-bond donors (Lipinski definition) is 5. The van der Waals surface area contributed by atoms with E-state index in [1.807, 2.05) is 0 Å². The highest BCUT2D eigenvalue weighted by molar-refractivity contribution is 7.61. The molecular weight excluding hydrogens is 981 g/mol. The molecule has 1 saturated heterocycles. The Balaban J connectivity index is 1.75. The van der Waals surface area contributed by atoms with Crippen LogP contribution in [0.2, 0.25) is 0 Å². The zero-order valence-electron chi connectivity index (χ0n) is 45.3. The molecule has 73 heavy (non-hydrogen) atoms. The van der Waals surface area contributed by atoms with Gasteiger partial charge in [-0.25, -0.2) is 13.9 Å². The predicted molar refractivity (Wildman–Crippen MR) is 284 cm³/mol. The molecule has 0 amide bonds. The van der Waals surface area contributed by atoms with Crippen LogP contribution in [-0.4, -0.2) is 85.7 Å². The summed E-state index contributed by atoms with van der Waals surface area (Å²) in [6.07, 6.45) is 30.3. The number of aromatic nitrogens is 2. The molecule has 0 bridgehead atoms. The van der Waals surface area contributed by atoms with Crippen LogP contribution in [0.4, 0.5) is 5.82 Å². The Hall–Kier alpha value is -2.24. The highest BCUT2D eigenvalue weighted by atomic mass is 31.3. The second-order valence-corrected chi connectivity index (χ2v) is 23.9. The minimum atomic E-state index is -5.42. The molecule has 1 aromatic rings. The largest absolute Gasteiger partial charge is 0.481 e. The van der Waals surface area contributed by atoms with Gasteiger partial charge in [0.15, 0.2) is 12.3 Å². The summed E-state index contributed by atoms with van der Waals surface area (Å²) in [5, 5.41) is 20.9. The third kappa shape index (κ3) is 33.5. The van der Waals surface area contributed by atoms with Gasteiger partial charge in [-0.05, 0) is 30.7 Å². The Morgan fingerprint density at radius 3 is 1.56 bits per heavy atom. The summed E-state index contributed by atoms with van der Waals surface area (Å²) in [7, 11) is -10.8. The highest BCUT2D eigenvalue weighted by Crippen LogP contribution is 2.60. The molecule has 0 aliphatic carbocycles. The van der Waals surface area contributed by atoms with Crippen LogP contribution in [0.25, 0.3) is 0 Å². The molecule has 0 spiro atoms. The first-order chi connectivity index (χ1) is 34.9. The quantitative estimate of drug-likeness (QED) is 0.0231. The van der Waals surface area contributed by atoms with Gasteiger partial charge in [0, 0.05) is 19.0 Å². The SMILES string of the molecule is CCC(C)CCCCCCCCCCCCCCCCC(=O)OC[C@H](COP(=O)(O)OP(=O)(O)OC[C@H]1O[C@@H](n2ccc(N)nc2=O)C(O)[C@H]1O)OC(=O)CCCCCCCCCCCCCCCCC(C)C.